The Labute approximate surface area is 117 Å². The molecule has 0 amide bonds. The molecule has 3 nitrogen and oxygen atoms in total. The van der Waals surface area contributed by atoms with Crippen LogP contribution in [0.2, 0.25) is 0 Å². The maximum absolute atomic E-state index is 6.54. The van der Waals surface area contributed by atoms with Gasteiger partial charge in [0.2, 0.25) is 0 Å². The molecule has 0 aromatic carbocycles. The van der Waals surface area contributed by atoms with Gasteiger partial charge in [0.25, 0.3) is 0 Å². The molecule has 3 atom stereocenters. The second-order valence-electron chi connectivity index (χ2n) is 7.21. The van der Waals surface area contributed by atoms with Gasteiger partial charge in [-0.05, 0) is 44.4 Å². The average Bonchev–Trinajstić information content (AvgIpc) is 2.98. The summed E-state index contributed by atoms with van der Waals surface area (Å²) in [4.78, 5) is 0. The van der Waals surface area contributed by atoms with Crippen LogP contribution in [0.4, 0.5) is 0 Å². The number of ether oxygens (including phenoxy) is 2. The minimum absolute atomic E-state index is 0.0266. The fourth-order valence-corrected chi connectivity index (χ4v) is 4.49. The predicted molar refractivity (Wildman–Crippen MR) is 76.1 cm³/mol. The van der Waals surface area contributed by atoms with Crippen molar-refractivity contribution in [3.8, 4) is 0 Å². The highest BCUT2D eigenvalue weighted by Gasteiger charge is 2.44. The molecule has 3 aliphatic rings. The molecule has 3 rings (SSSR count). The van der Waals surface area contributed by atoms with Crippen LogP contribution in [-0.2, 0) is 9.47 Å². The van der Waals surface area contributed by atoms with Gasteiger partial charge in [-0.3, -0.25) is 0 Å². The van der Waals surface area contributed by atoms with Gasteiger partial charge < -0.3 is 15.2 Å². The van der Waals surface area contributed by atoms with E-state index in [1.165, 1.54) is 32.1 Å². The van der Waals surface area contributed by atoms with Crippen LogP contribution in [0, 0.1) is 5.92 Å². The minimum atomic E-state index is -0.0266. The van der Waals surface area contributed by atoms with E-state index in [1.54, 1.807) is 0 Å². The fraction of sp³-hybridized carbons (Fsp3) is 1.00. The second kappa shape index (κ2) is 5.34. The Morgan fingerprint density at radius 2 is 1.95 bits per heavy atom. The molecule has 19 heavy (non-hydrogen) atoms. The topological polar surface area (TPSA) is 44.5 Å². The monoisotopic (exact) mass is 267 g/mol. The molecule has 3 unspecified atom stereocenters. The van der Waals surface area contributed by atoms with Gasteiger partial charge in [-0.1, -0.05) is 19.8 Å². The molecule has 2 N–H and O–H groups in total. The van der Waals surface area contributed by atoms with E-state index in [1.807, 2.05) is 0 Å². The van der Waals surface area contributed by atoms with Crippen molar-refractivity contribution in [3.63, 3.8) is 0 Å². The molecular weight excluding hydrogens is 238 g/mol. The summed E-state index contributed by atoms with van der Waals surface area (Å²) < 4.78 is 12.6. The molecule has 0 radical (unpaired) electrons. The van der Waals surface area contributed by atoms with Crippen molar-refractivity contribution in [1.82, 2.24) is 0 Å². The average molecular weight is 267 g/mol. The lowest BCUT2D eigenvalue weighted by molar-refractivity contribution is -0.170. The van der Waals surface area contributed by atoms with Crippen molar-refractivity contribution in [1.29, 1.82) is 0 Å². The smallest absolute Gasteiger partial charge is 0.0810 e. The van der Waals surface area contributed by atoms with Gasteiger partial charge in [0.05, 0.1) is 17.3 Å². The summed E-state index contributed by atoms with van der Waals surface area (Å²) in [6, 6.07) is 0. The molecule has 3 heteroatoms. The molecule has 3 fully saturated rings. The van der Waals surface area contributed by atoms with E-state index in [0.717, 1.165) is 38.2 Å². The first-order valence-corrected chi connectivity index (χ1v) is 8.17. The van der Waals surface area contributed by atoms with Crippen molar-refractivity contribution < 1.29 is 9.47 Å². The normalized spacial score (nSPS) is 42.0. The summed E-state index contributed by atoms with van der Waals surface area (Å²) in [5, 5.41) is 0. The summed E-state index contributed by atoms with van der Waals surface area (Å²) >= 11 is 0. The van der Waals surface area contributed by atoms with Crippen molar-refractivity contribution in [2.75, 3.05) is 13.2 Å². The number of hydrogen-bond donors (Lipinski definition) is 1. The van der Waals surface area contributed by atoms with E-state index >= 15 is 0 Å². The van der Waals surface area contributed by atoms with Crippen LogP contribution in [0.5, 0.6) is 0 Å². The lowest BCUT2D eigenvalue weighted by Crippen LogP contribution is -2.47. The third-order valence-corrected chi connectivity index (χ3v) is 5.56. The van der Waals surface area contributed by atoms with Crippen molar-refractivity contribution in [3.05, 3.63) is 0 Å². The zero-order valence-corrected chi connectivity index (χ0v) is 12.3. The summed E-state index contributed by atoms with van der Waals surface area (Å²) in [5.74, 6) is 0.767. The molecule has 1 aliphatic heterocycles. The lowest BCUT2D eigenvalue weighted by atomic mass is 9.89. The van der Waals surface area contributed by atoms with Gasteiger partial charge in [0, 0.05) is 19.6 Å². The molecule has 1 heterocycles. The Balaban J connectivity index is 1.62. The minimum Gasteiger partial charge on any atom is -0.375 e. The maximum atomic E-state index is 6.54. The SMILES string of the molecule is CC1CCC(CN)(OC2CCOC3(CCCC3)C2)C1. The standard InChI is InChI=1S/C16H29NO2/c1-13-4-8-16(10-13,12-17)19-14-5-9-18-15(11-14)6-2-3-7-15/h13-14H,2-12,17H2,1H3. The Morgan fingerprint density at radius 1 is 1.16 bits per heavy atom. The van der Waals surface area contributed by atoms with Crippen LogP contribution in [0.3, 0.4) is 0 Å². The van der Waals surface area contributed by atoms with Crippen LogP contribution < -0.4 is 5.73 Å². The van der Waals surface area contributed by atoms with Crippen molar-refractivity contribution >= 4 is 0 Å². The van der Waals surface area contributed by atoms with Crippen LogP contribution in [0.15, 0.2) is 0 Å². The molecule has 2 saturated carbocycles. The molecule has 0 aromatic rings. The zero-order chi connectivity index (χ0) is 13.3. The summed E-state index contributed by atoms with van der Waals surface area (Å²) in [6.07, 6.45) is 11.2. The number of rotatable bonds is 3. The molecule has 2 aliphatic carbocycles. The summed E-state index contributed by atoms with van der Waals surface area (Å²) in [6.45, 7) is 3.88. The first kappa shape index (κ1) is 13.8. The highest BCUT2D eigenvalue weighted by Crippen LogP contribution is 2.44. The van der Waals surface area contributed by atoms with Crippen LogP contribution in [-0.4, -0.2) is 30.5 Å². The van der Waals surface area contributed by atoms with Gasteiger partial charge in [-0.2, -0.15) is 0 Å². The fourth-order valence-electron chi connectivity index (χ4n) is 4.49. The van der Waals surface area contributed by atoms with Crippen LogP contribution in [0.1, 0.15) is 64.7 Å². The highest BCUT2D eigenvalue weighted by molar-refractivity contribution is 4.95. The van der Waals surface area contributed by atoms with E-state index in [-0.39, 0.29) is 11.2 Å². The van der Waals surface area contributed by atoms with Gasteiger partial charge in [-0.15, -0.1) is 0 Å². The van der Waals surface area contributed by atoms with Gasteiger partial charge >= 0.3 is 0 Å². The van der Waals surface area contributed by atoms with E-state index < -0.39 is 0 Å². The van der Waals surface area contributed by atoms with Crippen LogP contribution >= 0.6 is 0 Å². The van der Waals surface area contributed by atoms with Crippen molar-refractivity contribution in [2.45, 2.75) is 82.0 Å². The third kappa shape index (κ3) is 2.84. The van der Waals surface area contributed by atoms with Crippen molar-refractivity contribution in [2.24, 2.45) is 11.7 Å². The zero-order valence-electron chi connectivity index (χ0n) is 12.3. The largest absolute Gasteiger partial charge is 0.375 e. The van der Waals surface area contributed by atoms with E-state index in [2.05, 4.69) is 6.92 Å². The molecular formula is C16H29NO2. The van der Waals surface area contributed by atoms with Crippen LogP contribution in [0.25, 0.3) is 0 Å². The first-order chi connectivity index (χ1) is 9.15. The Bertz CT molecular complexity index is 314. The molecule has 1 spiro atoms. The highest BCUT2D eigenvalue weighted by atomic mass is 16.5. The number of hydrogen-bond acceptors (Lipinski definition) is 3. The quantitative estimate of drug-likeness (QED) is 0.855. The van der Waals surface area contributed by atoms with E-state index in [9.17, 15) is 0 Å². The molecule has 0 bridgehead atoms. The van der Waals surface area contributed by atoms with Gasteiger partial charge in [0.15, 0.2) is 0 Å². The maximum Gasteiger partial charge on any atom is 0.0810 e. The molecule has 0 aromatic heterocycles. The first-order valence-electron chi connectivity index (χ1n) is 8.17. The Hall–Kier alpha value is -0.120. The third-order valence-electron chi connectivity index (χ3n) is 5.56. The molecule has 1 saturated heterocycles. The Morgan fingerprint density at radius 3 is 2.58 bits per heavy atom. The van der Waals surface area contributed by atoms with Gasteiger partial charge in [0.1, 0.15) is 0 Å². The summed E-state index contributed by atoms with van der Waals surface area (Å²) in [5.41, 5.74) is 6.17. The molecule has 110 valence electrons. The van der Waals surface area contributed by atoms with E-state index in [4.69, 9.17) is 15.2 Å². The Kier molecular flexibility index (Phi) is 3.89. The van der Waals surface area contributed by atoms with E-state index in [0.29, 0.717) is 12.6 Å². The summed E-state index contributed by atoms with van der Waals surface area (Å²) in [7, 11) is 0. The number of nitrogens with two attached hydrogens (primary N) is 1. The predicted octanol–water partition coefficient (Wildman–Crippen LogP) is 3.01. The second-order valence-corrected chi connectivity index (χ2v) is 7.21. The lowest BCUT2D eigenvalue weighted by Gasteiger charge is -2.42. The van der Waals surface area contributed by atoms with Gasteiger partial charge in [-0.25, -0.2) is 0 Å².